The van der Waals surface area contributed by atoms with Crippen LogP contribution in [0.15, 0.2) is 23.5 Å². The second-order valence-electron chi connectivity index (χ2n) is 6.59. The predicted molar refractivity (Wildman–Crippen MR) is 82.8 cm³/mol. The van der Waals surface area contributed by atoms with Gasteiger partial charge >= 0.3 is 0 Å². The van der Waals surface area contributed by atoms with Crippen molar-refractivity contribution in [3.8, 4) is 0 Å². The molecule has 1 saturated heterocycles. The highest BCUT2D eigenvalue weighted by atomic mass is 16.8. The van der Waals surface area contributed by atoms with Gasteiger partial charge in [-0.05, 0) is 32.3 Å². The molecule has 0 aliphatic carbocycles. The van der Waals surface area contributed by atoms with Crippen molar-refractivity contribution in [1.29, 1.82) is 0 Å². The minimum atomic E-state index is -1.07. The Morgan fingerprint density at radius 1 is 1.36 bits per heavy atom. The maximum Gasteiger partial charge on any atom is 0.224 e. The summed E-state index contributed by atoms with van der Waals surface area (Å²) in [5, 5.41) is 20.0. The third-order valence-corrected chi connectivity index (χ3v) is 4.37. The minimum absolute atomic E-state index is 0.167. The molecule has 5 heteroatoms. The molecule has 0 aromatic heterocycles. The third-order valence-electron chi connectivity index (χ3n) is 4.37. The van der Waals surface area contributed by atoms with E-state index in [1.165, 1.54) is 0 Å². The Bertz CT molecular complexity index is 442. The minimum Gasteiger partial charge on any atom is -0.468 e. The van der Waals surface area contributed by atoms with Crippen LogP contribution in [0, 0.1) is 11.8 Å². The molecule has 22 heavy (non-hydrogen) atoms. The fourth-order valence-electron chi connectivity index (χ4n) is 3.33. The molecule has 4 unspecified atom stereocenters. The lowest BCUT2D eigenvalue weighted by Gasteiger charge is -2.40. The third kappa shape index (κ3) is 3.54. The summed E-state index contributed by atoms with van der Waals surface area (Å²) < 4.78 is 17.1. The van der Waals surface area contributed by atoms with E-state index in [1.807, 2.05) is 26.8 Å². The van der Waals surface area contributed by atoms with Crippen LogP contribution in [0.1, 0.15) is 41.0 Å². The van der Waals surface area contributed by atoms with Gasteiger partial charge in [-0.15, -0.1) is 0 Å². The highest BCUT2D eigenvalue weighted by Crippen LogP contribution is 2.37. The molecule has 5 nitrogen and oxygen atoms in total. The highest BCUT2D eigenvalue weighted by molar-refractivity contribution is 5.24. The molecule has 0 spiro atoms. The number of ether oxygens (including phenoxy) is 3. The van der Waals surface area contributed by atoms with Crippen LogP contribution in [-0.4, -0.2) is 41.1 Å². The standard InChI is InChI=1S/C17H28O5/c1-6-12-14(9(2)3)10(4)8-20-16(12)22-17-15(19)13(18)7-11(5)21-17/h6,8-9,11,13-19H,7H2,1-5H3/b12-6+/t11-,13?,14?,15-,16?,17?/m1/s1. The van der Waals surface area contributed by atoms with Crippen LogP contribution in [-0.2, 0) is 14.2 Å². The second-order valence-corrected chi connectivity index (χ2v) is 6.59. The van der Waals surface area contributed by atoms with Crippen molar-refractivity contribution in [3.05, 3.63) is 23.5 Å². The summed E-state index contributed by atoms with van der Waals surface area (Å²) in [5.74, 6) is 0.658. The summed E-state index contributed by atoms with van der Waals surface area (Å²) in [6.45, 7) is 10.2. The number of allylic oxidation sites excluding steroid dienone is 2. The largest absolute Gasteiger partial charge is 0.468 e. The van der Waals surface area contributed by atoms with Crippen molar-refractivity contribution in [2.75, 3.05) is 0 Å². The number of hydrogen-bond acceptors (Lipinski definition) is 5. The van der Waals surface area contributed by atoms with E-state index in [9.17, 15) is 10.2 Å². The van der Waals surface area contributed by atoms with Gasteiger partial charge in [0, 0.05) is 17.9 Å². The van der Waals surface area contributed by atoms with Crippen LogP contribution in [0.4, 0.5) is 0 Å². The van der Waals surface area contributed by atoms with E-state index in [0.29, 0.717) is 12.3 Å². The molecule has 0 aromatic carbocycles. The molecule has 1 fully saturated rings. The lowest BCUT2D eigenvalue weighted by molar-refractivity contribution is -0.300. The Labute approximate surface area is 132 Å². The molecule has 0 saturated carbocycles. The molecular weight excluding hydrogens is 284 g/mol. The van der Waals surface area contributed by atoms with Gasteiger partial charge in [-0.1, -0.05) is 19.9 Å². The number of hydrogen-bond donors (Lipinski definition) is 2. The van der Waals surface area contributed by atoms with E-state index >= 15 is 0 Å². The van der Waals surface area contributed by atoms with Crippen LogP contribution in [0.2, 0.25) is 0 Å². The van der Waals surface area contributed by atoms with E-state index in [-0.39, 0.29) is 12.0 Å². The predicted octanol–water partition coefficient (Wildman–Crippen LogP) is 2.34. The normalized spacial score (nSPS) is 41.5. The number of aliphatic hydroxyl groups is 2. The van der Waals surface area contributed by atoms with Gasteiger partial charge in [0.25, 0.3) is 0 Å². The molecule has 6 atom stereocenters. The number of aliphatic hydroxyl groups excluding tert-OH is 2. The Balaban J connectivity index is 2.15. The van der Waals surface area contributed by atoms with Gasteiger partial charge in [0.05, 0.1) is 18.5 Å². The molecule has 2 aliphatic heterocycles. The number of rotatable bonds is 3. The van der Waals surface area contributed by atoms with Crippen LogP contribution in [0.5, 0.6) is 0 Å². The van der Waals surface area contributed by atoms with Crippen molar-refractivity contribution in [2.24, 2.45) is 11.8 Å². The average molecular weight is 312 g/mol. The van der Waals surface area contributed by atoms with Crippen molar-refractivity contribution < 1.29 is 24.4 Å². The van der Waals surface area contributed by atoms with E-state index in [0.717, 1.165) is 11.1 Å². The summed E-state index contributed by atoms with van der Waals surface area (Å²) in [5.41, 5.74) is 2.18. The summed E-state index contributed by atoms with van der Waals surface area (Å²) in [6, 6.07) is 0. The Morgan fingerprint density at radius 2 is 2.05 bits per heavy atom. The first-order valence-electron chi connectivity index (χ1n) is 8.00. The van der Waals surface area contributed by atoms with Gasteiger partial charge in [-0.25, -0.2) is 0 Å². The van der Waals surface area contributed by atoms with Crippen molar-refractivity contribution in [2.45, 2.75) is 71.9 Å². The molecule has 2 N–H and O–H groups in total. The molecule has 2 rings (SSSR count). The van der Waals surface area contributed by atoms with Crippen LogP contribution in [0.25, 0.3) is 0 Å². The van der Waals surface area contributed by atoms with E-state index < -0.39 is 24.8 Å². The summed E-state index contributed by atoms with van der Waals surface area (Å²) in [4.78, 5) is 0. The molecule has 2 heterocycles. The van der Waals surface area contributed by atoms with Gasteiger partial charge in [0.2, 0.25) is 6.29 Å². The molecule has 2 aliphatic rings. The lowest BCUT2D eigenvalue weighted by atomic mass is 9.81. The van der Waals surface area contributed by atoms with Gasteiger partial charge in [0.15, 0.2) is 6.29 Å². The van der Waals surface area contributed by atoms with Crippen LogP contribution < -0.4 is 0 Å². The zero-order chi connectivity index (χ0) is 16.4. The van der Waals surface area contributed by atoms with E-state index in [4.69, 9.17) is 14.2 Å². The summed E-state index contributed by atoms with van der Waals surface area (Å²) in [7, 11) is 0. The fraction of sp³-hybridized carbons (Fsp3) is 0.765. The van der Waals surface area contributed by atoms with Gasteiger partial charge in [-0.3, -0.25) is 0 Å². The van der Waals surface area contributed by atoms with Crippen LogP contribution >= 0.6 is 0 Å². The topological polar surface area (TPSA) is 68.2 Å². The second kappa shape index (κ2) is 7.13. The Morgan fingerprint density at radius 3 is 2.64 bits per heavy atom. The first kappa shape index (κ1) is 17.5. The fourth-order valence-corrected chi connectivity index (χ4v) is 3.33. The highest BCUT2D eigenvalue weighted by Gasteiger charge is 2.40. The quantitative estimate of drug-likeness (QED) is 0.783. The maximum atomic E-state index is 10.1. The van der Waals surface area contributed by atoms with Crippen molar-refractivity contribution in [1.82, 2.24) is 0 Å². The smallest absolute Gasteiger partial charge is 0.224 e. The first-order chi connectivity index (χ1) is 10.3. The zero-order valence-corrected chi connectivity index (χ0v) is 14.0. The summed E-state index contributed by atoms with van der Waals surface area (Å²) in [6.07, 6.45) is 0.553. The lowest BCUT2D eigenvalue weighted by Crippen LogP contribution is -2.50. The molecule has 0 aromatic rings. The monoisotopic (exact) mass is 312 g/mol. The molecule has 0 amide bonds. The molecule has 0 bridgehead atoms. The van der Waals surface area contributed by atoms with Crippen molar-refractivity contribution >= 4 is 0 Å². The van der Waals surface area contributed by atoms with Gasteiger partial charge in [0.1, 0.15) is 6.10 Å². The Hall–Kier alpha value is -0.880. The van der Waals surface area contributed by atoms with E-state index in [1.54, 1.807) is 6.26 Å². The SMILES string of the molecule is C/C=C1/C(OC2O[C@H](C)CC(O)[C@H]2O)OC=C(C)C1C(C)C. The van der Waals surface area contributed by atoms with Gasteiger partial charge < -0.3 is 24.4 Å². The molecular formula is C17H28O5. The summed E-state index contributed by atoms with van der Waals surface area (Å²) >= 11 is 0. The van der Waals surface area contributed by atoms with E-state index in [2.05, 4.69) is 13.8 Å². The van der Waals surface area contributed by atoms with Gasteiger partial charge in [-0.2, -0.15) is 0 Å². The van der Waals surface area contributed by atoms with Crippen molar-refractivity contribution in [3.63, 3.8) is 0 Å². The first-order valence-corrected chi connectivity index (χ1v) is 8.00. The molecule has 126 valence electrons. The average Bonchev–Trinajstić information content (AvgIpc) is 2.45. The van der Waals surface area contributed by atoms with Crippen LogP contribution in [0.3, 0.4) is 0 Å². The Kier molecular flexibility index (Phi) is 5.66. The maximum absolute atomic E-state index is 10.1. The molecule has 0 radical (unpaired) electrons. The zero-order valence-electron chi connectivity index (χ0n) is 14.0.